The maximum atomic E-state index is 10.7. The number of benzene rings is 1. The van der Waals surface area contributed by atoms with E-state index in [0.29, 0.717) is 18.0 Å². The fourth-order valence-corrected chi connectivity index (χ4v) is 1.43. The number of furan rings is 1. The Morgan fingerprint density at radius 2 is 2.27 bits per heavy atom. The van der Waals surface area contributed by atoms with E-state index in [0.717, 1.165) is 5.39 Å². The summed E-state index contributed by atoms with van der Waals surface area (Å²) in [6.07, 6.45) is 0. The molecule has 4 nitrogen and oxygen atoms in total. The van der Waals surface area contributed by atoms with Crippen LogP contribution in [0.25, 0.3) is 11.0 Å². The van der Waals surface area contributed by atoms with Crippen molar-refractivity contribution in [3.8, 4) is 0 Å². The van der Waals surface area contributed by atoms with Crippen LogP contribution in [0.15, 0.2) is 28.7 Å². The molecule has 2 rings (SSSR count). The summed E-state index contributed by atoms with van der Waals surface area (Å²) in [5.41, 5.74) is 0.794. The summed E-state index contributed by atoms with van der Waals surface area (Å²) in [7, 11) is 1.58. The molecule has 4 heteroatoms. The van der Waals surface area contributed by atoms with Gasteiger partial charge in [-0.25, -0.2) is 4.79 Å². The third kappa shape index (κ3) is 1.85. The van der Waals surface area contributed by atoms with E-state index in [1.54, 1.807) is 19.2 Å². The van der Waals surface area contributed by atoms with Gasteiger partial charge in [-0.05, 0) is 18.2 Å². The van der Waals surface area contributed by atoms with Crippen LogP contribution in [0, 0.1) is 0 Å². The second-order valence-corrected chi connectivity index (χ2v) is 3.20. The Hall–Kier alpha value is -1.81. The van der Waals surface area contributed by atoms with E-state index in [1.807, 2.05) is 6.07 Å². The van der Waals surface area contributed by atoms with Crippen LogP contribution in [-0.4, -0.2) is 18.2 Å². The van der Waals surface area contributed by atoms with Crippen LogP contribution in [0.5, 0.6) is 0 Å². The fourth-order valence-electron chi connectivity index (χ4n) is 1.43. The van der Waals surface area contributed by atoms with E-state index in [1.165, 1.54) is 6.07 Å². The number of carboxylic acid groups (broad SMARTS) is 1. The van der Waals surface area contributed by atoms with Crippen LogP contribution < -0.4 is 0 Å². The fraction of sp³-hybridized carbons (Fsp3) is 0.182. The summed E-state index contributed by atoms with van der Waals surface area (Å²) in [5.74, 6) is -0.267. The molecular weight excluding hydrogens is 196 g/mol. The van der Waals surface area contributed by atoms with Gasteiger partial charge >= 0.3 is 5.97 Å². The van der Waals surface area contributed by atoms with Crippen LogP contribution >= 0.6 is 0 Å². The molecule has 0 saturated carbocycles. The largest absolute Gasteiger partial charge is 0.478 e. The molecule has 0 unspecified atom stereocenters. The number of fused-ring (bicyclic) bond motifs is 1. The van der Waals surface area contributed by atoms with Crippen LogP contribution in [0.3, 0.4) is 0 Å². The highest BCUT2D eigenvalue weighted by Gasteiger charge is 2.07. The monoisotopic (exact) mass is 206 g/mol. The first-order valence-electron chi connectivity index (χ1n) is 4.45. The highest BCUT2D eigenvalue weighted by molar-refractivity contribution is 5.92. The van der Waals surface area contributed by atoms with Gasteiger partial charge in [0.25, 0.3) is 0 Å². The van der Waals surface area contributed by atoms with Gasteiger partial charge in [-0.2, -0.15) is 0 Å². The number of aromatic carboxylic acids is 1. The van der Waals surface area contributed by atoms with Crippen molar-refractivity contribution in [3.63, 3.8) is 0 Å². The summed E-state index contributed by atoms with van der Waals surface area (Å²) in [4.78, 5) is 10.7. The van der Waals surface area contributed by atoms with Crippen molar-refractivity contribution in [3.05, 3.63) is 35.6 Å². The second kappa shape index (κ2) is 3.74. The molecule has 1 N–H and O–H groups in total. The predicted octanol–water partition coefficient (Wildman–Crippen LogP) is 2.28. The molecule has 0 atom stereocenters. The zero-order valence-corrected chi connectivity index (χ0v) is 8.19. The number of hydrogen-bond acceptors (Lipinski definition) is 3. The third-order valence-corrected chi connectivity index (χ3v) is 2.10. The van der Waals surface area contributed by atoms with E-state index >= 15 is 0 Å². The third-order valence-electron chi connectivity index (χ3n) is 2.10. The molecule has 0 amide bonds. The molecular formula is C11H10O4. The summed E-state index contributed by atoms with van der Waals surface area (Å²) < 4.78 is 10.3. The minimum Gasteiger partial charge on any atom is -0.478 e. The maximum absolute atomic E-state index is 10.7. The Morgan fingerprint density at radius 1 is 1.47 bits per heavy atom. The number of carboxylic acids is 1. The Balaban J connectivity index is 2.47. The van der Waals surface area contributed by atoms with Gasteiger partial charge in [0.05, 0.1) is 5.56 Å². The Labute approximate surface area is 86.1 Å². The molecule has 1 heterocycles. The number of ether oxygens (including phenoxy) is 1. The van der Waals surface area contributed by atoms with E-state index in [-0.39, 0.29) is 5.56 Å². The summed E-state index contributed by atoms with van der Waals surface area (Å²) in [5, 5.41) is 9.67. The summed E-state index contributed by atoms with van der Waals surface area (Å²) >= 11 is 0. The Morgan fingerprint density at radius 3 is 2.93 bits per heavy atom. The average Bonchev–Trinajstić information content (AvgIpc) is 2.59. The molecule has 78 valence electrons. The van der Waals surface area contributed by atoms with E-state index in [4.69, 9.17) is 14.3 Å². The lowest BCUT2D eigenvalue weighted by Crippen LogP contribution is -1.94. The molecule has 0 aliphatic carbocycles. The molecule has 0 aliphatic heterocycles. The first-order chi connectivity index (χ1) is 7.20. The van der Waals surface area contributed by atoms with Crippen molar-refractivity contribution >= 4 is 16.9 Å². The topological polar surface area (TPSA) is 59.7 Å². The molecule has 15 heavy (non-hydrogen) atoms. The minimum atomic E-state index is -0.957. The smallest absolute Gasteiger partial charge is 0.335 e. The second-order valence-electron chi connectivity index (χ2n) is 3.20. The van der Waals surface area contributed by atoms with Crippen molar-refractivity contribution in [2.45, 2.75) is 6.61 Å². The van der Waals surface area contributed by atoms with Gasteiger partial charge in [-0.3, -0.25) is 0 Å². The predicted molar refractivity (Wildman–Crippen MR) is 53.9 cm³/mol. The van der Waals surface area contributed by atoms with Crippen LogP contribution in [0.2, 0.25) is 0 Å². The van der Waals surface area contributed by atoms with E-state index < -0.39 is 5.97 Å². The Kier molecular flexibility index (Phi) is 2.43. The molecule has 0 saturated heterocycles. The van der Waals surface area contributed by atoms with Gasteiger partial charge < -0.3 is 14.3 Å². The van der Waals surface area contributed by atoms with Crippen LogP contribution in [-0.2, 0) is 11.3 Å². The van der Waals surface area contributed by atoms with Gasteiger partial charge in [0, 0.05) is 12.5 Å². The standard InChI is InChI=1S/C11H10O4/c1-14-6-9-4-7-2-3-8(11(12)13)5-10(7)15-9/h2-5H,6H2,1H3,(H,12,13). The van der Waals surface area contributed by atoms with Crippen molar-refractivity contribution in [1.29, 1.82) is 0 Å². The van der Waals surface area contributed by atoms with Crippen molar-refractivity contribution in [2.75, 3.05) is 7.11 Å². The van der Waals surface area contributed by atoms with Crippen molar-refractivity contribution < 1.29 is 19.1 Å². The SMILES string of the molecule is COCc1cc2ccc(C(=O)O)cc2o1. The average molecular weight is 206 g/mol. The van der Waals surface area contributed by atoms with E-state index in [9.17, 15) is 4.79 Å². The molecule has 0 bridgehead atoms. The lowest BCUT2D eigenvalue weighted by atomic mass is 10.2. The molecule has 2 aromatic rings. The number of hydrogen-bond donors (Lipinski definition) is 1. The lowest BCUT2D eigenvalue weighted by Gasteiger charge is -1.93. The number of carbonyl (C=O) groups is 1. The minimum absolute atomic E-state index is 0.223. The molecule has 0 fully saturated rings. The number of methoxy groups -OCH3 is 1. The molecule has 1 aromatic heterocycles. The van der Waals surface area contributed by atoms with E-state index in [2.05, 4.69) is 0 Å². The zero-order chi connectivity index (χ0) is 10.8. The highest BCUT2D eigenvalue weighted by atomic mass is 16.5. The van der Waals surface area contributed by atoms with Crippen LogP contribution in [0.1, 0.15) is 16.1 Å². The van der Waals surface area contributed by atoms with Gasteiger partial charge in [-0.15, -0.1) is 0 Å². The highest BCUT2D eigenvalue weighted by Crippen LogP contribution is 2.21. The first-order valence-corrected chi connectivity index (χ1v) is 4.45. The molecule has 1 aromatic carbocycles. The number of rotatable bonds is 3. The van der Waals surface area contributed by atoms with Crippen molar-refractivity contribution in [2.24, 2.45) is 0 Å². The molecule has 0 aliphatic rings. The summed E-state index contributed by atoms with van der Waals surface area (Å²) in [6, 6.07) is 6.62. The quantitative estimate of drug-likeness (QED) is 0.836. The normalized spacial score (nSPS) is 10.7. The van der Waals surface area contributed by atoms with Gasteiger partial charge in [-0.1, -0.05) is 6.07 Å². The van der Waals surface area contributed by atoms with Gasteiger partial charge in [0.2, 0.25) is 0 Å². The summed E-state index contributed by atoms with van der Waals surface area (Å²) in [6.45, 7) is 0.386. The molecule has 0 spiro atoms. The van der Waals surface area contributed by atoms with Gasteiger partial charge in [0.15, 0.2) is 0 Å². The van der Waals surface area contributed by atoms with Crippen molar-refractivity contribution in [1.82, 2.24) is 0 Å². The maximum Gasteiger partial charge on any atom is 0.335 e. The lowest BCUT2D eigenvalue weighted by molar-refractivity contribution is 0.0697. The Bertz CT molecular complexity index is 498. The molecule has 0 radical (unpaired) electrons. The van der Waals surface area contributed by atoms with Gasteiger partial charge in [0.1, 0.15) is 18.0 Å². The zero-order valence-electron chi connectivity index (χ0n) is 8.19. The van der Waals surface area contributed by atoms with Crippen LogP contribution in [0.4, 0.5) is 0 Å². The first kappa shape index (κ1) is 9.73.